The van der Waals surface area contributed by atoms with E-state index in [2.05, 4.69) is 25.0 Å². The molecular weight excluding hydrogens is 623 g/mol. The summed E-state index contributed by atoms with van der Waals surface area (Å²) in [5, 5.41) is 15.5. The van der Waals surface area contributed by atoms with Gasteiger partial charge >= 0.3 is 5.97 Å². The van der Waals surface area contributed by atoms with Gasteiger partial charge in [-0.05, 0) is 90.6 Å². The number of carboxylic acid groups (broad SMARTS) is 1. The van der Waals surface area contributed by atoms with E-state index >= 15 is 4.39 Å². The van der Waals surface area contributed by atoms with Crippen LogP contribution >= 0.6 is 0 Å². The zero-order valence-corrected chi connectivity index (χ0v) is 29.5. The maximum atomic E-state index is 15.6. The second kappa shape index (κ2) is 14.1. The van der Waals surface area contributed by atoms with E-state index in [1.807, 2.05) is 71.0 Å². The predicted octanol–water partition coefficient (Wildman–Crippen LogP) is 8.27. The lowest BCUT2D eigenvalue weighted by atomic mass is 9.92. The first-order chi connectivity index (χ1) is 23.1. The van der Waals surface area contributed by atoms with Crippen LogP contribution in [-0.4, -0.2) is 62.7 Å². The molecule has 1 saturated heterocycles. The van der Waals surface area contributed by atoms with Crippen molar-refractivity contribution in [3.05, 3.63) is 90.4 Å². The third-order valence-electron chi connectivity index (χ3n) is 8.72. The highest BCUT2D eigenvalue weighted by molar-refractivity contribution is 5.80. The summed E-state index contributed by atoms with van der Waals surface area (Å²) in [5.74, 6) is -0.462. The van der Waals surface area contributed by atoms with Crippen LogP contribution < -0.4 is 9.64 Å². The largest absolute Gasteiger partial charge is 0.486 e. The Kier molecular flexibility index (Phi) is 10.3. The Balaban J connectivity index is 1.65. The molecule has 1 unspecified atom stereocenters. The average molecular weight is 671 g/mol. The Morgan fingerprint density at radius 2 is 1.82 bits per heavy atom. The second-order valence-electron chi connectivity index (χ2n) is 14.0. The van der Waals surface area contributed by atoms with E-state index in [4.69, 9.17) is 24.3 Å². The summed E-state index contributed by atoms with van der Waals surface area (Å²) in [6, 6.07) is 12.6. The Morgan fingerprint density at radius 1 is 1.12 bits per heavy atom. The van der Waals surface area contributed by atoms with Gasteiger partial charge in [0.25, 0.3) is 0 Å². The normalized spacial score (nSPS) is 16.0. The van der Waals surface area contributed by atoms with E-state index in [0.29, 0.717) is 77.8 Å². The molecule has 1 aliphatic heterocycles. The van der Waals surface area contributed by atoms with E-state index < -0.39 is 23.5 Å². The van der Waals surface area contributed by atoms with Crippen molar-refractivity contribution in [2.75, 3.05) is 24.6 Å². The number of rotatable bonds is 12. The zero-order valence-electron chi connectivity index (χ0n) is 29.5. The number of carbonyl (C=O) groups is 1. The molecule has 1 fully saturated rings. The molecule has 0 bridgehead atoms. The quantitative estimate of drug-likeness (QED) is 0.151. The molecule has 0 aliphatic carbocycles. The third kappa shape index (κ3) is 7.86. The van der Waals surface area contributed by atoms with Crippen molar-refractivity contribution in [3.8, 4) is 28.1 Å². The number of aromatic nitrogens is 3. The topological polar surface area (TPSA) is 98.4 Å². The number of benzene rings is 2. The van der Waals surface area contributed by atoms with Crippen LogP contribution in [-0.2, 0) is 14.3 Å². The molecule has 0 saturated carbocycles. The standard InChI is InChI=1S/C39H47FN4O5/c1-10-19-47-39(9)15-17-43(18-16-39)36-33(35(37(45)46)49-38(6,7)8)26(5)41-32-23-30(42-44(32)36)27-13-12-14-28(22-27)34-29(40)20-24(3)21-31(34)48-25(4)11-2/h10-14,20-23,25,35H,1-2,15-19H2,3-9H3,(H,45,46)/t25-,35?/m0/s1. The van der Waals surface area contributed by atoms with Gasteiger partial charge in [-0.15, -0.1) is 6.58 Å². The SMILES string of the molecule is C=CCOC1(C)CCN(c2c(C(OC(C)(C)C)C(=O)O)c(C)nc3cc(-c4cccc(-c5c(F)cc(C)cc5O[C@@H](C)C=C)c4)nn23)CC1. The van der Waals surface area contributed by atoms with E-state index in [1.54, 1.807) is 23.6 Å². The number of aliphatic carboxylic acids is 1. The van der Waals surface area contributed by atoms with Crippen molar-refractivity contribution in [3.63, 3.8) is 0 Å². The zero-order chi connectivity index (χ0) is 35.7. The van der Waals surface area contributed by atoms with Crippen LogP contribution in [0.25, 0.3) is 28.0 Å². The number of anilines is 1. The molecule has 0 spiro atoms. The van der Waals surface area contributed by atoms with E-state index in [-0.39, 0.29) is 11.7 Å². The first-order valence-electron chi connectivity index (χ1n) is 16.6. The van der Waals surface area contributed by atoms with Crippen LogP contribution in [0.3, 0.4) is 0 Å². The summed E-state index contributed by atoms with van der Waals surface area (Å²) in [5.41, 5.74) is 3.52. The van der Waals surface area contributed by atoms with E-state index in [0.717, 1.165) is 11.1 Å². The van der Waals surface area contributed by atoms with Crippen molar-refractivity contribution in [2.24, 2.45) is 0 Å². The number of hydrogen-bond donors (Lipinski definition) is 1. The number of halogens is 1. The van der Waals surface area contributed by atoms with Crippen LogP contribution in [0, 0.1) is 19.7 Å². The first-order valence-corrected chi connectivity index (χ1v) is 16.6. The molecule has 5 rings (SSSR count). The van der Waals surface area contributed by atoms with Crippen molar-refractivity contribution < 1.29 is 28.5 Å². The van der Waals surface area contributed by atoms with Crippen LogP contribution in [0.2, 0.25) is 0 Å². The summed E-state index contributed by atoms with van der Waals surface area (Å²) in [4.78, 5) is 19.8. The summed E-state index contributed by atoms with van der Waals surface area (Å²) in [6.45, 7) is 22.3. The van der Waals surface area contributed by atoms with Gasteiger partial charge in [0.05, 0.1) is 34.6 Å². The van der Waals surface area contributed by atoms with Gasteiger partial charge in [0.2, 0.25) is 0 Å². The molecular formula is C39H47FN4O5. The number of piperidine rings is 1. The minimum absolute atomic E-state index is 0.318. The molecule has 3 heterocycles. The summed E-state index contributed by atoms with van der Waals surface area (Å²) < 4.78 is 35.6. The molecule has 260 valence electrons. The lowest BCUT2D eigenvalue weighted by Gasteiger charge is -2.41. The van der Waals surface area contributed by atoms with Crippen LogP contribution in [0.5, 0.6) is 5.75 Å². The molecule has 9 nitrogen and oxygen atoms in total. The number of nitrogens with zero attached hydrogens (tertiary/aromatic N) is 4. The molecule has 1 N–H and O–H groups in total. The molecule has 4 aromatic rings. The number of fused-ring (bicyclic) bond motifs is 1. The van der Waals surface area contributed by atoms with E-state index in [1.165, 1.54) is 6.07 Å². The van der Waals surface area contributed by atoms with Crippen LogP contribution in [0.15, 0.2) is 67.8 Å². The van der Waals surface area contributed by atoms with Crippen molar-refractivity contribution in [2.45, 2.75) is 84.7 Å². The lowest BCUT2D eigenvalue weighted by Crippen LogP contribution is -2.45. The maximum Gasteiger partial charge on any atom is 0.337 e. The van der Waals surface area contributed by atoms with Gasteiger partial charge in [0.15, 0.2) is 11.8 Å². The Morgan fingerprint density at radius 3 is 2.45 bits per heavy atom. The number of carboxylic acids is 1. The first kappa shape index (κ1) is 35.8. The molecule has 2 atom stereocenters. The van der Waals surface area contributed by atoms with Crippen molar-refractivity contribution in [1.82, 2.24) is 14.6 Å². The van der Waals surface area contributed by atoms with Crippen LogP contribution in [0.4, 0.5) is 10.2 Å². The highest BCUT2D eigenvalue weighted by Crippen LogP contribution is 2.40. The van der Waals surface area contributed by atoms with Gasteiger partial charge in [-0.25, -0.2) is 14.2 Å². The second-order valence-corrected chi connectivity index (χ2v) is 14.0. The van der Waals surface area contributed by atoms with Gasteiger partial charge in [0.1, 0.15) is 23.5 Å². The summed E-state index contributed by atoms with van der Waals surface area (Å²) >= 11 is 0. The fraction of sp³-hybridized carbons (Fsp3) is 0.410. The number of ether oxygens (including phenoxy) is 3. The third-order valence-corrected chi connectivity index (χ3v) is 8.72. The smallest absolute Gasteiger partial charge is 0.337 e. The molecule has 10 heteroatoms. The molecule has 2 aromatic heterocycles. The van der Waals surface area contributed by atoms with Crippen molar-refractivity contribution in [1.29, 1.82) is 0 Å². The van der Waals surface area contributed by atoms with Crippen molar-refractivity contribution >= 4 is 17.4 Å². The monoisotopic (exact) mass is 670 g/mol. The fourth-order valence-electron chi connectivity index (χ4n) is 6.22. The van der Waals surface area contributed by atoms with Gasteiger partial charge in [-0.3, -0.25) is 0 Å². The summed E-state index contributed by atoms with van der Waals surface area (Å²) in [6.07, 6.45) is 3.24. The highest BCUT2D eigenvalue weighted by atomic mass is 19.1. The minimum Gasteiger partial charge on any atom is -0.486 e. The highest BCUT2D eigenvalue weighted by Gasteiger charge is 2.37. The fourth-order valence-corrected chi connectivity index (χ4v) is 6.22. The Hall–Kier alpha value is -4.54. The molecule has 49 heavy (non-hydrogen) atoms. The summed E-state index contributed by atoms with van der Waals surface area (Å²) in [7, 11) is 0. The van der Waals surface area contributed by atoms with Gasteiger partial charge in [0, 0.05) is 30.4 Å². The molecule has 1 aliphatic rings. The number of aryl methyl sites for hydroxylation is 2. The number of hydrogen-bond acceptors (Lipinski definition) is 7. The van der Waals surface area contributed by atoms with Gasteiger partial charge < -0.3 is 24.2 Å². The van der Waals surface area contributed by atoms with Gasteiger partial charge in [-0.1, -0.05) is 36.9 Å². The van der Waals surface area contributed by atoms with Gasteiger partial charge in [-0.2, -0.15) is 9.61 Å². The Bertz CT molecular complexity index is 1870. The maximum absolute atomic E-state index is 15.6. The van der Waals surface area contributed by atoms with Crippen LogP contribution in [0.1, 0.15) is 70.4 Å². The Labute approximate surface area is 288 Å². The average Bonchev–Trinajstić information content (AvgIpc) is 3.45. The minimum atomic E-state index is -1.28. The predicted molar refractivity (Wildman–Crippen MR) is 191 cm³/mol. The lowest BCUT2D eigenvalue weighted by molar-refractivity contribution is -0.160. The molecule has 2 aromatic carbocycles. The molecule has 0 radical (unpaired) electrons. The van der Waals surface area contributed by atoms with E-state index in [9.17, 15) is 9.90 Å². The molecule has 0 amide bonds.